The maximum Gasteiger partial charge on any atom is 0.415 e. The first kappa shape index (κ1) is 16.5. The first-order chi connectivity index (χ1) is 11.5. The first-order valence-electron chi connectivity index (χ1n) is 6.80. The van der Waals surface area contributed by atoms with Crippen molar-refractivity contribution in [2.24, 2.45) is 0 Å². The van der Waals surface area contributed by atoms with Crippen LogP contribution in [0.4, 0.5) is 29.7 Å². The molecule has 126 valence electrons. The number of benzene rings is 1. The van der Waals surface area contributed by atoms with Crippen molar-refractivity contribution in [3.05, 3.63) is 45.8 Å². The van der Waals surface area contributed by atoms with Crippen molar-refractivity contribution in [2.75, 3.05) is 23.4 Å². The third-order valence-electron chi connectivity index (χ3n) is 3.27. The van der Waals surface area contributed by atoms with Crippen molar-refractivity contribution in [3.63, 3.8) is 0 Å². The van der Waals surface area contributed by atoms with Gasteiger partial charge >= 0.3 is 6.09 Å². The number of carbonyl (C=O) groups is 1. The number of hydrogen-bond acceptors (Lipinski definition) is 5. The standard InChI is InChI=1S/C14H10BrF3N4O2/c15-8-4-9(16)7(3-10(8)17)5-19-13-20-6-11(18)12(21-13)22-1-2-24-14(22)23/h3-4,6H,1-2,5H2,(H,19,20,21). The second-order valence-electron chi connectivity index (χ2n) is 4.84. The molecule has 3 rings (SSSR count). The lowest BCUT2D eigenvalue weighted by Crippen LogP contribution is -2.26. The summed E-state index contributed by atoms with van der Waals surface area (Å²) < 4.78 is 45.8. The lowest BCUT2D eigenvalue weighted by molar-refractivity contribution is 0.181. The Morgan fingerprint density at radius 2 is 2.04 bits per heavy atom. The van der Waals surface area contributed by atoms with Crippen LogP contribution in [0.25, 0.3) is 0 Å². The van der Waals surface area contributed by atoms with Crippen molar-refractivity contribution in [1.82, 2.24) is 9.97 Å². The van der Waals surface area contributed by atoms with Gasteiger partial charge in [0.05, 0.1) is 17.2 Å². The first-order valence-corrected chi connectivity index (χ1v) is 7.59. The van der Waals surface area contributed by atoms with Crippen LogP contribution in [0, 0.1) is 17.5 Å². The molecule has 1 saturated heterocycles. The quantitative estimate of drug-likeness (QED) is 0.795. The van der Waals surface area contributed by atoms with Crippen molar-refractivity contribution in [2.45, 2.75) is 6.54 Å². The van der Waals surface area contributed by atoms with Gasteiger partial charge in [0.1, 0.15) is 18.2 Å². The highest BCUT2D eigenvalue weighted by Gasteiger charge is 2.28. The zero-order valence-electron chi connectivity index (χ0n) is 12.0. The summed E-state index contributed by atoms with van der Waals surface area (Å²) in [6.07, 6.45) is 0.175. The summed E-state index contributed by atoms with van der Waals surface area (Å²) in [4.78, 5) is 20.1. The van der Waals surface area contributed by atoms with Crippen molar-refractivity contribution >= 4 is 33.8 Å². The average Bonchev–Trinajstić information content (AvgIpc) is 2.97. The van der Waals surface area contributed by atoms with E-state index in [1.54, 1.807) is 0 Å². The highest BCUT2D eigenvalue weighted by molar-refractivity contribution is 9.10. The summed E-state index contributed by atoms with van der Waals surface area (Å²) in [5.74, 6) is -2.30. The SMILES string of the molecule is O=C1OCCN1c1nc(NCc2cc(F)c(Br)cc2F)ncc1F. The normalized spacial score (nSPS) is 14.0. The Bertz CT molecular complexity index is 806. The number of ether oxygens (including phenoxy) is 1. The molecular weight excluding hydrogens is 393 g/mol. The number of carbonyl (C=O) groups excluding carboxylic acids is 1. The molecule has 0 unspecified atom stereocenters. The molecule has 10 heteroatoms. The second-order valence-corrected chi connectivity index (χ2v) is 5.70. The van der Waals surface area contributed by atoms with Gasteiger partial charge in [-0.05, 0) is 28.1 Å². The van der Waals surface area contributed by atoms with Crippen LogP contribution in [0.2, 0.25) is 0 Å². The van der Waals surface area contributed by atoms with Crippen LogP contribution in [0.1, 0.15) is 5.56 Å². The van der Waals surface area contributed by atoms with E-state index in [0.29, 0.717) is 0 Å². The summed E-state index contributed by atoms with van der Waals surface area (Å²) in [5.41, 5.74) is 0.0470. The third kappa shape index (κ3) is 3.28. The highest BCUT2D eigenvalue weighted by atomic mass is 79.9. The zero-order valence-corrected chi connectivity index (χ0v) is 13.6. The smallest absolute Gasteiger partial charge is 0.415 e. The van der Waals surface area contributed by atoms with Crippen molar-refractivity contribution in [1.29, 1.82) is 0 Å². The van der Waals surface area contributed by atoms with Gasteiger partial charge in [0, 0.05) is 12.1 Å². The van der Waals surface area contributed by atoms with E-state index in [0.717, 1.165) is 23.2 Å². The lowest BCUT2D eigenvalue weighted by Gasteiger charge is -2.13. The van der Waals surface area contributed by atoms with Gasteiger partial charge in [-0.1, -0.05) is 0 Å². The van der Waals surface area contributed by atoms with Crippen LogP contribution in [0.5, 0.6) is 0 Å². The molecule has 1 aromatic heterocycles. The van der Waals surface area contributed by atoms with E-state index in [9.17, 15) is 18.0 Å². The minimum absolute atomic E-state index is 0.0108. The van der Waals surface area contributed by atoms with Gasteiger partial charge in [-0.3, -0.25) is 4.90 Å². The molecule has 1 N–H and O–H groups in total. The van der Waals surface area contributed by atoms with Crippen LogP contribution < -0.4 is 10.2 Å². The molecule has 1 aliphatic heterocycles. The molecule has 0 atom stereocenters. The number of rotatable bonds is 4. The van der Waals surface area contributed by atoms with Gasteiger partial charge in [-0.15, -0.1) is 0 Å². The largest absolute Gasteiger partial charge is 0.447 e. The summed E-state index contributed by atoms with van der Waals surface area (Å²) >= 11 is 2.89. The zero-order chi connectivity index (χ0) is 17.3. The fourth-order valence-electron chi connectivity index (χ4n) is 2.09. The predicted molar refractivity (Wildman–Crippen MR) is 82.1 cm³/mol. The Morgan fingerprint density at radius 1 is 1.25 bits per heavy atom. The maximum atomic E-state index is 13.8. The molecule has 0 saturated carbocycles. The molecule has 24 heavy (non-hydrogen) atoms. The van der Waals surface area contributed by atoms with Crippen LogP contribution in [-0.4, -0.2) is 29.2 Å². The minimum atomic E-state index is -0.791. The van der Waals surface area contributed by atoms with Crippen LogP contribution >= 0.6 is 15.9 Å². The molecule has 0 spiro atoms. The number of hydrogen-bond donors (Lipinski definition) is 1. The van der Waals surface area contributed by atoms with Crippen LogP contribution in [-0.2, 0) is 11.3 Å². The van der Waals surface area contributed by atoms with Gasteiger partial charge in [0.2, 0.25) is 5.95 Å². The number of halogens is 4. The van der Waals surface area contributed by atoms with E-state index < -0.39 is 23.5 Å². The Morgan fingerprint density at radius 3 is 2.75 bits per heavy atom. The van der Waals surface area contributed by atoms with Gasteiger partial charge < -0.3 is 10.1 Å². The topological polar surface area (TPSA) is 67.3 Å². The fraction of sp³-hybridized carbons (Fsp3) is 0.214. The Hall–Kier alpha value is -2.36. The number of cyclic esters (lactones) is 1. The maximum absolute atomic E-state index is 13.8. The summed E-state index contributed by atoms with van der Waals surface area (Å²) in [5, 5.41) is 2.66. The predicted octanol–water partition coefficient (Wildman–Crippen LogP) is 3.23. The number of nitrogens with one attached hydrogen (secondary N) is 1. The van der Waals surface area contributed by atoms with Gasteiger partial charge in [-0.25, -0.2) is 22.9 Å². The second kappa shape index (κ2) is 6.63. The van der Waals surface area contributed by atoms with E-state index in [4.69, 9.17) is 4.74 Å². The molecule has 2 aromatic rings. The molecule has 6 nitrogen and oxygen atoms in total. The van der Waals surface area contributed by atoms with E-state index in [-0.39, 0.29) is 41.5 Å². The van der Waals surface area contributed by atoms with Crippen molar-refractivity contribution < 1.29 is 22.7 Å². The number of aromatic nitrogens is 2. The van der Waals surface area contributed by atoms with E-state index >= 15 is 0 Å². The monoisotopic (exact) mass is 402 g/mol. The Labute approximate surface area is 142 Å². The minimum Gasteiger partial charge on any atom is -0.447 e. The van der Waals surface area contributed by atoms with Gasteiger partial charge in [0.25, 0.3) is 0 Å². The molecule has 1 amide bonds. The summed E-state index contributed by atoms with van der Waals surface area (Å²) in [6, 6.07) is 2.03. The lowest BCUT2D eigenvalue weighted by atomic mass is 10.2. The Kier molecular flexibility index (Phi) is 4.56. The molecule has 1 fully saturated rings. The fourth-order valence-corrected chi connectivity index (χ4v) is 2.41. The molecule has 1 aliphatic rings. The van der Waals surface area contributed by atoms with Crippen LogP contribution in [0.15, 0.2) is 22.8 Å². The number of amides is 1. The highest BCUT2D eigenvalue weighted by Crippen LogP contribution is 2.22. The number of nitrogens with zero attached hydrogens (tertiary/aromatic N) is 3. The molecule has 1 aromatic carbocycles. The molecule has 2 heterocycles. The molecule has 0 aliphatic carbocycles. The van der Waals surface area contributed by atoms with E-state index in [2.05, 4.69) is 31.2 Å². The number of anilines is 2. The Balaban J connectivity index is 1.79. The summed E-state index contributed by atoms with van der Waals surface area (Å²) in [6.45, 7) is 0.179. The molecule has 0 radical (unpaired) electrons. The third-order valence-corrected chi connectivity index (χ3v) is 3.88. The average molecular weight is 403 g/mol. The molecular formula is C14H10BrF3N4O2. The van der Waals surface area contributed by atoms with E-state index in [1.807, 2.05) is 0 Å². The van der Waals surface area contributed by atoms with E-state index in [1.165, 1.54) is 0 Å². The summed E-state index contributed by atoms with van der Waals surface area (Å²) in [7, 11) is 0. The van der Waals surface area contributed by atoms with Crippen LogP contribution in [0.3, 0.4) is 0 Å². The molecule has 0 bridgehead atoms. The van der Waals surface area contributed by atoms with Gasteiger partial charge in [0.15, 0.2) is 11.6 Å². The van der Waals surface area contributed by atoms with Gasteiger partial charge in [-0.2, -0.15) is 4.98 Å². The van der Waals surface area contributed by atoms with Crippen molar-refractivity contribution in [3.8, 4) is 0 Å².